The fourth-order valence-corrected chi connectivity index (χ4v) is 4.01. The van der Waals surface area contributed by atoms with Gasteiger partial charge in [-0.3, -0.25) is 4.79 Å². The molecule has 1 atom stereocenters. The molecule has 3 nitrogen and oxygen atoms in total. The first-order valence-electron chi connectivity index (χ1n) is 7.79. The molecule has 2 aromatic rings. The molecule has 0 spiro atoms. The monoisotopic (exact) mass is 327 g/mol. The number of aryl methyl sites for hydroxylation is 1. The van der Waals surface area contributed by atoms with Crippen LogP contribution in [0.2, 0.25) is 0 Å². The summed E-state index contributed by atoms with van der Waals surface area (Å²) in [5.74, 6) is 0.837. The summed E-state index contributed by atoms with van der Waals surface area (Å²) in [6.45, 7) is 4.91. The van der Waals surface area contributed by atoms with E-state index >= 15 is 0 Å². The molecular formula is C19H21NO2S. The SMILES string of the molecule is COc1ccc(C)cc1/C=C/C(=O)N1CCc2sccc2C1C. The first-order chi connectivity index (χ1) is 11.1. The van der Waals surface area contributed by atoms with Crippen LogP contribution in [0.25, 0.3) is 6.08 Å². The van der Waals surface area contributed by atoms with E-state index in [2.05, 4.69) is 18.4 Å². The molecule has 1 aliphatic rings. The minimum Gasteiger partial charge on any atom is -0.496 e. The van der Waals surface area contributed by atoms with Gasteiger partial charge in [-0.25, -0.2) is 0 Å². The Labute approximate surface area is 141 Å². The lowest BCUT2D eigenvalue weighted by Gasteiger charge is -2.32. The van der Waals surface area contributed by atoms with Gasteiger partial charge in [-0.1, -0.05) is 11.6 Å². The number of methoxy groups -OCH3 is 1. The van der Waals surface area contributed by atoms with Crippen molar-refractivity contribution in [3.63, 3.8) is 0 Å². The van der Waals surface area contributed by atoms with Gasteiger partial charge in [0.15, 0.2) is 0 Å². The molecular weight excluding hydrogens is 306 g/mol. The number of fused-ring (bicyclic) bond motifs is 1. The van der Waals surface area contributed by atoms with Crippen molar-refractivity contribution in [1.29, 1.82) is 0 Å². The molecule has 4 heteroatoms. The van der Waals surface area contributed by atoms with Gasteiger partial charge in [0.25, 0.3) is 0 Å². The van der Waals surface area contributed by atoms with Crippen LogP contribution in [0, 0.1) is 6.92 Å². The maximum atomic E-state index is 12.6. The van der Waals surface area contributed by atoms with Gasteiger partial charge < -0.3 is 9.64 Å². The highest BCUT2D eigenvalue weighted by Crippen LogP contribution is 2.33. The number of ether oxygens (including phenoxy) is 1. The van der Waals surface area contributed by atoms with E-state index in [0.29, 0.717) is 0 Å². The van der Waals surface area contributed by atoms with Gasteiger partial charge in [0.1, 0.15) is 5.75 Å². The van der Waals surface area contributed by atoms with E-state index in [1.807, 2.05) is 36.1 Å². The molecule has 1 amide bonds. The zero-order valence-electron chi connectivity index (χ0n) is 13.7. The standard InChI is InChI=1S/C19H21NO2S/c1-13-4-6-17(22-3)15(12-13)5-7-19(21)20-10-8-18-16(14(20)2)9-11-23-18/h4-7,9,11-12,14H,8,10H2,1-3H3/b7-5+. The second-order valence-electron chi connectivity index (χ2n) is 5.84. The van der Waals surface area contributed by atoms with Crippen LogP contribution in [0.15, 0.2) is 35.7 Å². The van der Waals surface area contributed by atoms with Crippen LogP contribution in [0.1, 0.15) is 34.5 Å². The molecule has 1 aromatic heterocycles. The summed E-state index contributed by atoms with van der Waals surface area (Å²) >= 11 is 1.79. The minimum atomic E-state index is 0.0536. The smallest absolute Gasteiger partial charge is 0.247 e. The number of carbonyl (C=O) groups is 1. The molecule has 2 heterocycles. The summed E-state index contributed by atoms with van der Waals surface area (Å²) in [7, 11) is 1.65. The molecule has 0 saturated carbocycles. The largest absolute Gasteiger partial charge is 0.496 e. The van der Waals surface area contributed by atoms with Gasteiger partial charge in [-0.05, 0) is 55.5 Å². The van der Waals surface area contributed by atoms with Crippen LogP contribution < -0.4 is 4.74 Å². The maximum Gasteiger partial charge on any atom is 0.247 e. The fourth-order valence-electron chi connectivity index (χ4n) is 3.05. The third kappa shape index (κ3) is 3.17. The average Bonchev–Trinajstić information content (AvgIpc) is 3.02. The van der Waals surface area contributed by atoms with E-state index in [4.69, 9.17) is 4.74 Å². The zero-order chi connectivity index (χ0) is 16.4. The predicted octanol–water partition coefficient (Wildman–Crippen LogP) is 4.22. The van der Waals surface area contributed by atoms with E-state index in [-0.39, 0.29) is 11.9 Å². The third-order valence-corrected chi connectivity index (χ3v) is 5.35. The Kier molecular flexibility index (Phi) is 4.53. The minimum absolute atomic E-state index is 0.0536. The van der Waals surface area contributed by atoms with Crippen LogP contribution in [0.5, 0.6) is 5.75 Å². The van der Waals surface area contributed by atoms with Gasteiger partial charge in [0.2, 0.25) is 5.91 Å². The molecule has 0 bridgehead atoms. The number of hydrogen-bond donors (Lipinski definition) is 0. The summed E-state index contributed by atoms with van der Waals surface area (Å²) < 4.78 is 5.36. The Morgan fingerprint density at radius 2 is 2.22 bits per heavy atom. The van der Waals surface area contributed by atoms with Crippen LogP contribution in [-0.2, 0) is 11.2 Å². The summed E-state index contributed by atoms with van der Waals surface area (Å²) in [5, 5.41) is 2.11. The second kappa shape index (κ2) is 6.59. The predicted molar refractivity (Wildman–Crippen MR) is 94.9 cm³/mol. The highest BCUT2D eigenvalue weighted by atomic mass is 32.1. The van der Waals surface area contributed by atoms with Crippen molar-refractivity contribution in [3.8, 4) is 5.75 Å². The Morgan fingerprint density at radius 1 is 1.39 bits per heavy atom. The highest BCUT2D eigenvalue weighted by molar-refractivity contribution is 7.10. The Morgan fingerprint density at radius 3 is 3.00 bits per heavy atom. The molecule has 0 radical (unpaired) electrons. The van der Waals surface area contributed by atoms with E-state index < -0.39 is 0 Å². The average molecular weight is 327 g/mol. The van der Waals surface area contributed by atoms with E-state index in [1.54, 1.807) is 24.5 Å². The third-order valence-electron chi connectivity index (χ3n) is 4.35. The molecule has 0 fully saturated rings. The van der Waals surface area contributed by atoms with Crippen LogP contribution >= 0.6 is 11.3 Å². The maximum absolute atomic E-state index is 12.6. The summed E-state index contributed by atoms with van der Waals surface area (Å²) in [4.78, 5) is 15.9. The molecule has 1 aromatic carbocycles. The lowest BCUT2D eigenvalue weighted by Crippen LogP contribution is -2.37. The molecule has 0 N–H and O–H groups in total. The van der Waals surface area contributed by atoms with Gasteiger partial charge in [0.05, 0.1) is 13.2 Å². The Balaban J connectivity index is 1.79. The fraction of sp³-hybridized carbons (Fsp3) is 0.316. The second-order valence-corrected chi connectivity index (χ2v) is 6.84. The summed E-state index contributed by atoms with van der Waals surface area (Å²) in [5.41, 5.74) is 3.37. The van der Waals surface area contributed by atoms with Crippen LogP contribution in [0.3, 0.4) is 0 Å². The first kappa shape index (κ1) is 15.8. The number of rotatable bonds is 3. The Bertz CT molecular complexity index is 748. The van der Waals surface area contributed by atoms with Crippen molar-refractivity contribution in [2.75, 3.05) is 13.7 Å². The zero-order valence-corrected chi connectivity index (χ0v) is 14.5. The normalized spacial score (nSPS) is 17.3. The Hall–Kier alpha value is -2.07. The molecule has 3 rings (SSSR count). The highest BCUT2D eigenvalue weighted by Gasteiger charge is 2.26. The van der Waals surface area contributed by atoms with E-state index in [0.717, 1.165) is 29.8 Å². The van der Waals surface area contributed by atoms with Crippen molar-refractivity contribution in [2.24, 2.45) is 0 Å². The van der Waals surface area contributed by atoms with Crippen molar-refractivity contribution in [3.05, 3.63) is 57.3 Å². The van der Waals surface area contributed by atoms with Gasteiger partial charge in [-0.15, -0.1) is 11.3 Å². The lowest BCUT2D eigenvalue weighted by molar-refractivity contribution is -0.128. The van der Waals surface area contributed by atoms with Crippen molar-refractivity contribution in [2.45, 2.75) is 26.3 Å². The molecule has 23 heavy (non-hydrogen) atoms. The molecule has 120 valence electrons. The molecule has 0 saturated heterocycles. The van der Waals surface area contributed by atoms with Gasteiger partial charge in [-0.2, -0.15) is 0 Å². The number of amides is 1. The van der Waals surface area contributed by atoms with Crippen molar-refractivity contribution >= 4 is 23.3 Å². The van der Waals surface area contributed by atoms with Crippen molar-refractivity contribution in [1.82, 2.24) is 4.90 Å². The van der Waals surface area contributed by atoms with E-state index in [1.165, 1.54) is 10.4 Å². The lowest BCUT2D eigenvalue weighted by atomic mass is 10.0. The first-order valence-corrected chi connectivity index (χ1v) is 8.67. The van der Waals surface area contributed by atoms with Crippen LogP contribution in [0.4, 0.5) is 0 Å². The number of benzene rings is 1. The number of nitrogens with zero attached hydrogens (tertiary/aromatic N) is 1. The quantitative estimate of drug-likeness (QED) is 0.790. The van der Waals surface area contributed by atoms with E-state index in [9.17, 15) is 4.79 Å². The van der Waals surface area contributed by atoms with Gasteiger partial charge >= 0.3 is 0 Å². The molecule has 1 aliphatic heterocycles. The topological polar surface area (TPSA) is 29.5 Å². The van der Waals surface area contributed by atoms with Gasteiger partial charge in [0, 0.05) is 23.1 Å². The van der Waals surface area contributed by atoms with Crippen LogP contribution in [-0.4, -0.2) is 24.5 Å². The summed E-state index contributed by atoms with van der Waals surface area (Å²) in [6, 6.07) is 8.24. The van der Waals surface area contributed by atoms with Crippen molar-refractivity contribution < 1.29 is 9.53 Å². The number of hydrogen-bond acceptors (Lipinski definition) is 3. The molecule has 1 unspecified atom stereocenters. The number of carbonyl (C=O) groups excluding carboxylic acids is 1. The molecule has 0 aliphatic carbocycles. The number of thiophene rings is 1. The summed E-state index contributed by atoms with van der Waals surface area (Å²) in [6.07, 6.45) is 4.46.